The van der Waals surface area contributed by atoms with E-state index < -0.39 is 24.2 Å². The SMILES string of the molecule is O=C1NC(c2ccc(OCc3ccccc3)cc2)C(C(=O)O)O1. The molecule has 1 saturated heterocycles. The summed E-state index contributed by atoms with van der Waals surface area (Å²) in [4.78, 5) is 22.4. The fourth-order valence-electron chi connectivity index (χ4n) is 2.38. The minimum absolute atomic E-state index is 0.446. The van der Waals surface area contributed by atoms with Crippen LogP contribution in [-0.2, 0) is 16.1 Å². The van der Waals surface area contributed by atoms with Crippen molar-refractivity contribution in [1.82, 2.24) is 5.32 Å². The highest BCUT2D eigenvalue weighted by atomic mass is 16.6. The molecule has 1 fully saturated rings. The predicted octanol–water partition coefficient (Wildman–Crippen LogP) is 2.50. The van der Waals surface area contributed by atoms with Crippen molar-refractivity contribution in [2.24, 2.45) is 0 Å². The van der Waals surface area contributed by atoms with Crippen LogP contribution < -0.4 is 10.1 Å². The Balaban J connectivity index is 1.67. The highest BCUT2D eigenvalue weighted by Gasteiger charge is 2.40. The van der Waals surface area contributed by atoms with Crippen LogP contribution in [0, 0.1) is 0 Å². The fraction of sp³-hybridized carbons (Fsp3) is 0.176. The van der Waals surface area contributed by atoms with Crippen molar-refractivity contribution in [3.05, 3.63) is 65.7 Å². The van der Waals surface area contributed by atoms with Gasteiger partial charge in [-0.2, -0.15) is 0 Å². The number of alkyl carbamates (subject to hydrolysis) is 1. The second kappa shape index (κ2) is 6.39. The van der Waals surface area contributed by atoms with Crippen LogP contribution >= 0.6 is 0 Å². The lowest BCUT2D eigenvalue weighted by atomic mass is 10.0. The zero-order chi connectivity index (χ0) is 16.2. The number of carboxylic acids is 1. The van der Waals surface area contributed by atoms with Crippen LogP contribution in [0.2, 0.25) is 0 Å². The number of rotatable bonds is 5. The number of ether oxygens (including phenoxy) is 2. The van der Waals surface area contributed by atoms with E-state index in [2.05, 4.69) is 5.32 Å². The highest BCUT2D eigenvalue weighted by molar-refractivity contribution is 5.82. The van der Waals surface area contributed by atoms with Gasteiger partial charge < -0.3 is 19.9 Å². The van der Waals surface area contributed by atoms with Crippen LogP contribution in [0.3, 0.4) is 0 Å². The molecule has 2 atom stereocenters. The smallest absolute Gasteiger partial charge is 0.408 e. The Morgan fingerprint density at radius 3 is 2.48 bits per heavy atom. The first-order chi connectivity index (χ1) is 11.1. The quantitative estimate of drug-likeness (QED) is 0.886. The van der Waals surface area contributed by atoms with Crippen molar-refractivity contribution in [3.8, 4) is 5.75 Å². The maximum absolute atomic E-state index is 11.2. The molecule has 3 rings (SSSR count). The van der Waals surface area contributed by atoms with Gasteiger partial charge in [0.25, 0.3) is 0 Å². The Bertz CT molecular complexity index is 699. The number of benzene rings is 2. The summed E-state index contributed by atoms with van der Waals surface area (Å²) in [5.41, 5.74) is 1.70. The molecule has 6 heteroatoms. The number of carbonyl (C=O) groups excluding carboxylic acids is 1. The lowest BCUT2D eigenvalue weighted by Crippen LogP contribution is -2.28. The van der Waals surface area contributed by atoms with E-state index in [1.54, 1.807) is 24.3 Å². The van der Waals surface area contributed by atoms with Crippen molar-refractivity contribution >= 4 is 12.1 Å². The van der Waals surface area contributed by atoms with Crippen molar-refractivity contribution in [2.75, 3.05) is 0 Å². The average molecular weight is 313 g/mol. The van der Waals surface area contributed by atoms with Gasteiger partial charge in [0.1, 0.15) is 18.4 Å². The third kappa shape index (κ3) is 3.42. The molecule has 1 aliphatic rings. The summed E-state index contributed by atoms with van der Waals surface area (Å²) < 4.78 is 10.4. The van der Waals surface area contributed by atoms with Gasteiger partial charge in [-0.3, -0.25) is 0 Å². The molecule has 2 aromatic rings. The zero-order valence-electron chi connectivity index (χ0n) is 12.1. The van der Waals surface area contributed by atoms with Gasteiger partial charge in [-0.1, -0.05) is 42.5 Å². The lowest BCUT2D eigenvalue weighted by Gasteiger charge is -2.14. The summed E-state index contributed by atoms with van der Waals surface area (Å²) in [6.45, 7) is 0.446. The first kappa shape index (κ1) is 14.9. The summed E-state index contributed by atoms with van der Waals surface area (Å²) in [6.07, 6.45) is -1.95. The van der Waals surface area contributed by atoms with Crippen molar-refractivity contribution in [2.45, 2.75) is 18.8 Å². The summed E-state index contributed by atoms with van der Waals surface area (Å²) in [6, 6.07) is 16.0. The normalized spacial score (nSPS) is 19.7. The lowest BCUT2D eigenvalue weighted by molar-refractivity contribution is -0.146. The third-order valence-corrected chi connectivity index (χ3v) is 3.54. The van der Waals surface area contributed by atoms with E-state index in [9.17, 15) is 9.59 Å². The van der Waals surface area contributed by atoms with Crippen LogP contribution in [-0.4, -0.2) is 23.3 Å². The summed E-state index contributed by atoms with van der Waals surface area (Å²) in [7, 11) is 0. The van der Waals surface area contributed by atoms with E-state index in [0.29, 0.717) is 17.9 Å². The molecule has 2 N–H and O–H groups in total. The van der Waals surface area contributed by atoms with E-state index in [0.717, 1.165) is 5.56 Å². The van der Waals surface area contributed by atoms with Crippen LogP contribution in [0.4, 0.5) is 4.79 Å². The average Bonchev–Trinajstić information content (AvgIpc) is 2.97. The topological polar surface area (TPSA) is 84.9 Å². The number of carboxylic acid groups (broad SMARTS) is 1. The molecule has 1 heterocycles. The molecule has 23 heavy (non-hydrogen) atoms. The van der Waals surface area contributed by atoms with Gasteiger partial charge in [-0.15, -0.1) is 0 Å². The maximum Gasteiger partial charge on any atom is 0.408 e. The molecule has 0 saturated carbocycles. The van der Waals surface area contributed by atoms with E-state index >= 15 is 0 Å². The molecule has 0 aromatic heterocycles. The van der Waals surface area contributed by atoms with Crippen molar-refractivity contribution in [1.29, 1.82) is 0 Å². The third-order valence-electron chi connectivity index (χ3n) is 3.54. The molecule has 6 nitrogen and oxygen atoms in total. The molecule has 1 amide bonds. The van der Waals surface area contributed by atoms with Crippen molar-refractivity contribution in [3.63, 3.8) is 0 Å². The Labute approximate surface area is 132 Å². The number of aliphatic carboxylic acids is 1. The number of hydrogen-bond acceptors (Lipinski definition) is 4. The fourth-order valence-corrected chi connectivity index (χ4v) is 2.38. The first-order valence-corrected chi connectivity index (χ1v) is 7.10. The number of amides is 1. The van der Waals surface area contributed by atoms with Crippen molar-refractivity contribution < 1.29 is 24.2 Å². The Morgan fingerprint density at radius 1 is 1.13 bits per heavy atom. The van der Waals surface area contributed by atoms with E-state index in [1.807, 2.05) is 30.3 Å². The van der Waals surface area contributed by atoms with Gasteiger partial charge in [0.15, 0.2) is 0 Å². The summed E-state index contributed by atoms with van der Waals surface area (Å²) in [5.74, 6) is -0.521. The minimum Gasteiger partial charge on any atom is -0.489 e. The van der Waals surface area contributed by atoms with E-state index in [4.69, 9.17) is 14.6 Å². The van der Waals surface area contributed by atoms with E-state index in [1.165, 1.54) is 0 Å². The molecule has 2 unspecified atom stereocenters. The molecular formula is C17H15NO5. The number of hydrogen-bond donors (Lipinski definition) is 2. The van der Waals surface area contributed by atoms with Crippen LogP contribution in [0.25, 0.3) is 0 Å². The standard InChI is InChI=1S/C17H15NO5/c19-16(20)15-14(18-17(21)23-15)12-6-8-13(9-7-12)22-10-11-4-2-1-3-5-11/h1-9,14-15H,10H2,(H,18,21)(H,19,20). The zero-order valence-corrected chi connectivity index (χ0v) is 12.1. The van der Waals surface area contributed by atoms with Crippen LogP contribution in [0.15, 0.2) is 54.6 Å². The second-order valence-electron chi connectivity index (χ2n) is 5.13. The van der Waals surface area contributed by atoms with Gasteiger partial charge in [-0.05, 0) is 23.3 Å². The van der Waals surface area contributed by atoms with Crippen LogP contribution in [0.1, 0.15) is 17.2 Å². The molecule has 1 aliphatic heterocycles. The molecule has 118 valence electrons. The second-order valence-corrected chi connectivity index (χ2v) is 5.13. The molecule has 0 radical (unpaired) electrons. The molecule has 0 aliphatic carbocycles. The van der Waals surface area contributed by atoms with Gasteiger partial charge in [0.2, 0.25) is 6.10 Å². The summed E-state index contributed by atoms with van der Waals surface area (Å²) >= 11 is 0. The first-order valence-electron chi connectivity index (χ1n) is 7.10. The molecule has 2 aromatic carbocycles. The number of nitrogens with one attached hydrogen (secondary N) is 1. The maximum atomic E-state index is 11.2. The largest absolute Gasteiger partial charge is 0.489 e. The summed E-state index contributed by atoms with van der Waals surface area (Å²) in [5, 5.41) is 11.6. The Hall–Kier alpha value is -3.02. The highest BCUT2D eigenvalue weighted by Crippen LogP contribution is 2.26. The van der Waals surface area contributed by atoms with E-state index in [-0.39, 0.29) is 0 Å². The van der Waals surface area contributed by atoms with Gasteiger partial charge in [-0.25, -0.2) is 9.59 Å². The predicted molar refractivity (Wildman–Crippen MR) is 81.0 cm³/mol. The Morgan fingerprint density at radius 2 is 1.83 bits per heavy atom. The molecule has 0 bridgehead atoms. The number of cyclic esters (lactones) is 1. The molecule has 0 spiro atoms. The monoisotopic (exact) mass is 313 g/mol. The van der Waals surface area contributed by atoms with Gasteiger partial charge in [0, 0.05) is 0 Å². The Kier molecular flexibility index (Phi) is 4.14. The number of carbonyl (C=O) groups is 2. The van der Waals surface area contributed by atoms with Gasteiger partial charge in [0.05, 0.1) is 0 Å². The molecular weight excluding hydrogens is 298 g/mol. The van der Waals surface area contributed by atoms with Gasteiger partial charge >= 0.3 is 12.1 Å². The minimum atomic E-state index is -1.22. The van der Waals surface area contributed by atoms with Crippen LogP contribution in [0.5, 0.6) is 5.75 Å².